The lowest BCUT2D eigenvalue weighted by atomic mass is 9.98. The van der Waals surface area contributed by atoms with E-state index in [0.29, 0.717) is 6.42 Å². The Morgan fingerprint density at radius 1 is 1.00 bits per heavy atom. The molecule has 1 aliphatic carbocycles. The highest BCUT2D eigenvalue weighted by Crippen LogP contribution is 2.44. The van der Waals surface area contributed by atoms with Crippen molar-refractivity contribution < 1.29 is 28.6 Å². The maximum atomic E-state index is 14.1. The SMILES string of the molecule is CCC(CC(=O)Nc1ccc(C(=O)O)cc1F)NC(=O)OCC1c2ccccc2-c2ccccc21. The van der Waals surface area contributed by atoms with Crippen LogP contribution in [0.1, 0.15) is 47.2 Å². The molecule has 4 rings (SSSR count). The molecular weight excluding hydrogens is 451 g/mol. The molecule has 1 aliphatic rings. The summed E-state index contributed by atoms with van der Waals surface area (Å²) in [7, 11) is 0. The van der Waals surface area contributed by atoms with Gasteiger partial charge in [0, 0.05) is 18.4 Å². The summed E-state index contributed by atoms with van der Waals surface area (Å²) in [4.78, 5) is 35.8. The Labute approximate surface area is 201 Å². The summed E-state index contributed by atoms with van der Waals surface area (Å²) in [6.45, 7) is 1.97. The lowest BCUT2D eigenvalue weighted by Gasteiger charge is -2.19. The lowest BCUT2D eigenvalue weighted by Crippen LogP contribution is -2.38. The number of amides is 2. The number of rotatable bonds is 8. The third-order valence-electron chi connectivity index (χ3n) is 6.08. The zero-order chi connectivity index (χ0) is 24.9. The highest BCUT2D eigenvalue weighted by Gasteiger charge is 2.29. The zero-order valence-corrected chi connectivity index (χ0v) is 19.1. The quantitative estimate of drug-likeness (QED) is 0.416. The average Bonchev–Trinajstić information content (AvgIpc) is 3.17. The Kier molecular flexibility index (Phi) is 7.10. The van der Waals surface area contributed by atoms with Gasteiger partial charge in [-0.3, -0.25) is 4.79 Å². The van der Waals surface area contributed by atoms with Crippen LogP contribution in [0.4, 0.5) is 14.9 Å². The highest BCUT2D eigenvalue weighted by atomic mass is 19.1. The normalized spacial score (nSPS) is 12.9. The first-order valence-corrected chi connectivity index (χ1v) is 11.3. The number of nitrogens with one attached hydrogen (secondary N) is 2. The average molecular weight is 477 g/mol. The molecule has 1 atom stereocenters. The van der Waals surface area contributed by atoms with Crippen LogP contribution in [-0.2, 0) is 9.53 Å². The van der Waals surface area contributed by atoms with E-state index in [2.05, 4.69) is 22.8 Å². The molecule has 0 aromatic heterocycles. The topological polar surface area (TPSA) is 105 Å². The molecule has 0 heterocycles. The number of ether oxygens (including phenoxy) is 1. The van der Waals surface area contributed by atoms with E-state index in [0.717, 1.165) is 28.3 Å². The molecule has 7 nitrogen and oxygen atoms in total. The molecule has 1 unspecified atom stereocenters. The van der Waals surface area contributed by atoms with Gasteiger partial charge < -0.3 is 20.5 Å². The van der Waals surface area contributed by atoms with Crippen LogP contribution in [0, 0.1) is 5.82 Å². The maximum Gasteiger partial charge on any atom is 0.407 e. The summed E-state index contributed by atoms with van der Waals surface area (Å²) in [5, 5.41) is 14.0. The first kappa shape index (κ1) is 23.9. The van der Waals surface area contributed by atoms with Crippen molar-refractivity contribution in [1.29, 1.82) is 0 Å². The smallest absolute Gasteiger partial charge is 0.407 e. The Hall–Kier alpha value is -4.20. The van der Waals surface area contributed by atoms with Gasteiger partial charge in [-0.15, -0.1) is 0 Å². The molecule has 180 valence electrons. The number of hydrogen-bond acceptors (Lipinski definition) is 4. The Morgan fingerprint density at radius 3 is 2.20 bits per heavy atom. The second kappa shape index (κ2) is 10.4. The van der Waals surface area contributed by atoms with Gasteiger partial charge in [0.25, 0.3) is 0 Å². The number of carboxylic acid groups (broad SMARTS) is 1. The predicted molar refractivity (Wildman–Crippen MR) is 129 cm³/mol. The number of benzene rings is 3. The van der Waals surface area contributed by atoms with Gasteiger partial charge in [0.05, 0.1) is 11.3 Å². The van der Waals surface area contributed by atoms with Crippen LogP contribution in [0.25, 0.3) is 11.1 Å². The second-order valence-corrected chi connectivity index (χ2v) is 8.33. The summed E-state index contributed by atoms with van der Waals surface area (Å²) >= 11 is 0. The van der Waals surface area contributed by atoms with Crippen LogP contribution < -0.4 is 10.6 Å². The van der Waals surface area contributed by atoms with Crippen LogP contribution in [0.2, 0.25) is 0 Å². The van der Waals surface area contributed by atoms with Crippen LogP contribution >= 0.6 is 0 Å². The molecule has 0 saturated heterocycles. The van der Waals surface area contributed by atoms with Gasteiger partial charge in [-0.25, -0.2) is 14.0 Å². The van der Waals surface area contributed by atoms with Gasteiger partial charge in [-0.1, -0.05) is 55.5 Å². The summed E-state index contributed by atoms with van der Waals surface area (Å²) in [6, 6.07) is 18.8. The number of aromatic carboxylic acids is 1. The van der Waals surface area contributed by atoms with E-state index in [4.69, 9.17) is 9.84 Å². The Morgan fingerprint density at radius 2 is 1.63 bits per heavy atom. The molecule has 0 bridgehead atoms. The first-order valence-electron chi connectivity index (χ1n) is 11.3. The third-order valence-corrected chi connectivity index (χ3v) is 6.08. The summed E-state index contributed by atoms with van der Waals surface area (Å²) < 4.78 is 19.6. The number of carboxylic acids is 1. The molecule has 35 heavy (non-hydrogen) atoms. The largest absolute Gasteiger partial charge is 0.478 e. The van der Waals surface area contributed by atoms with Gasteiger partial charge in [0.15, 0.2) is 0 Å². The van der Waals surface area contributed by atoms with Crippen molar-refractivity contribution in [3.05, 3.63) is 89.2 Å². The van der Waals surface area contributed by atoms with Gasteiger partial charge in [-0.05, 0) is 46.9 Å². The molecule has 3 N–H and O–H groups in total. The van der Waals surface area contributed by atoms with Crippen LogP contribution in [-0.4, -0.2) is 35.7 Å². The number of alkyl carbamates (subject to hydrolysis) is 1. The minimum atomic E-state index is -1.26. The van der Waals surface area contributed by atoms with Gasteiger partial charge >= 0.3 is 12.1 Å². The molecular formula is C27H25FN2O5. The van der Waals surface area contributed by atoms with Gasteiger partial charge in [0.2, 0.25) is 5.91 Å². The number of halogens is 1. The minimum Gasteiger partial charge on any atom is -0.478 e. The fourth-order valence-electron chi connectivity index (χ4n) is 4.28. The Bertz CT molecular complexity index is 1230. The molecule has 0 aliphatic heterocycles. The zero-order valence-electron chi connectivity index (χ0n) is 19.1. The molecule has 0 spiro atoms. The van der Waals surface area contributed by atoms with E-state index in [1.54, 1.807) is 0 Å². The van der Waals surface area contributed by atoms with Crippen molar-refractivity contribution in [3.63, 3.8) is 0 Å². The second-order valence-electron chi connectivity index (χ2n) is 8.33. The predicted octanol–water partition coefficient (Wildman–Crippen LogP) is 5.17. The molecule has 0 fully saturated rings. The number of anilines is 1. The molecule has 2 amide bonds. The van der Waals surface area contributed by atoms with E-state index in [9.17, 15) is 18.8 Å². The molecule has 8 heteroatoms. The summed E-state index contributed by atoms with van der Waals surface area (Å²) in [6.07, 6.45) is -0.276. The van der Waals surface area contributed by atoms with E-state index in [1.807, 2.05) is 43.3 Å². The van der Waals surface area contributed by atoms with Gasteiger partial charge in [0.1, 0.15) is 12.4 Å². The van der Waals surface area contributed by atoms with Crippen molar-refractivity contribution >= 4 is 23.7 Å². The van der Waals surface area contributed by atoms with Crippen molar-refractivity contribution in [2.24, 2.45) is 0 Å². The van der Waals surface area contributed by atoms with E-state index in [-0.39, 0.29) is 30.2 Å². The summed E-state index contributed by atoms with van der Waals surface area (Å²) in [5.74, 6) is -2.71. The first-order chi connectivity index (χ1) is 16.9. The molecule has 0 saturated carbocycles. The van der Waals surface area contributed by atoms with Crippen molar-refractivity contribution in [2.75, 3.05) is 11.9 Å². The van der Waals surface area contributed by atoms with E-state index < -0.39 is 29.8 Å². The third kappa shape index (κ3) is 5.32. The van der Waals surface area contributed by atoms with E-state index >= 15 is 0 Å². The number of carbonyl (C=O) groups is 3. The lowest BCUT2D eigenvalue weighted by molar-refractivity contribution is -0.116. The minimum absolute atomic E-state index is 0.0757. The molecule has 3 aromatic rings. The van der Waals surface area contributed by atoms with Crippen molar-refractivity contribution in [2.45, 2.75) is 31.7 Å². The maximum absolute atomic E-state index is 14.1. The van der Waals surface area contributed by atoms with E-state index in [1.165, 1.54) is 12.1 Å². The van der Waals surface area contributed by atoms with Gasteiger partial charge in [-0.2, -0.15) is 0 Å². The number of fused-ring (bicyclic) bond motifs is 3. The monoisotopic (exact) mass is 476 g/mol. The molecule has 3 aromatic carbocycles. The number of carbonyl (C=O) groups excluding carboxylic acids is 2. The van der Waals surface area contributed by atoms with Crippen molar-refractivity contribution in [3.8, 4) is 11.1 Å². The fourth-order valence-corrected chi connectivity index (χ4v) is 4.28. The van der Waals surface area contributed by atoms with Crippen molar-refractivity contribution in [1.82, 2.24) is 5.32 Å². The number of hydrogen-bond donors (Lipinski definition) is 3. The highest BCUT2D eigenvalue weighted by molar-refractivity contribution is 5.93. The van der Waals surface area contributed by atoms with Crippen LogP contribution in [0.5, 0.6) is 0 Å². The Balaban J connectivity index is 1.33. The standard InChI is InChI=1S/C27H25FN2O5/c1-2-17(14-25(31)30-24-12-11-16(26(32)33)13-23(24)28)29-27(34)35-15-22-20-9-5-3-7-18(20)19-8-4-6-10-21(19)22/h3-13,17,22H,2,14-15H2,1H3,(H,29,34)(H,30,31)(H,32,33). The van der Waals surface area contributed by atoms with Crippen LogP contribution in [0.3, 0.4) is 0 Å². The fraction of sp³-hybridized carbons (Fsp3) is 0.222. The summed E-state index contributed by atoms with van der Waals surface area (Å²) in [5.41, 5.74) is 4.11. The molecule has 0 radical (unpaired) electrons. The van der Waals surface area contributed by atoms with Crippen LogP contribution in [0.15, 0.2) is 66.7 Å².